The number of hydrogen-bond donors (Lipinski definition) is 0. The van der Waals surface area contributed by atoms with Crippen molar-refractivity contribution in [1.82, 2.24) is 4.57 Å². The Kier molecular flexibility index (Phi) is 8.57. The summed E-state index contributed by atoms with van der Waals surface area (Å²) < 4.78 is 5.17. The number of aromatic nitrogens is 1. The molecule has 81 heavy (non-hydrogen) atoms. The lowest BCUT2D eigenvalue weighted by Crippen LogP contribution is -2.33. The van der Waals surface area contributed by atoms with Crippen molar-refractivity contribution in [1.29, 1.82) is 0 Å². The minimum Gasteiger partial charge on any atom is -0.310 e. The van der Waals surface area contributed by atoms with E-state index in [0.29, 0.717) is 0 Å². The molecule has 0 bridgehead atoms. The Morgan fingerprint density at radius 2 is 0.815 bits per heavy atom. The summed E-state index contributed by atoms with van der Waals surface area (Å²) in [5.74, 6) is 0. The van der Waals surface area contributed by atoms with Crippen LogP contribution in [0.3, 0.4) is 0 Å². The highest BCUT2D eigenvalue weighted by atomic mass is 32.1. The van der Waals surface area contributed by atoms with Crippen LogP contribution in [0.15, 0.2) is 279 Å². The topological polar surface area (TPSA) is 8.17 Å². The minimum atomic E-state index is -0.619. The summed E-state index contributed by atoms with van der Waals surface area (Å²) >= 11 is 1.88. The third kappa shape index (κ3) is 5.43. The molecule has 15 aromatic rings. The number of anilines is 3. The molecule has 2 nitrogen and oxygen atoms in total. The van der Waals surface area contributed by atoms with Crippen molar-refractivity contribution >= 4 is 81.1 Å². The lowest BCUT2D eigenvalue weighted by molar-refractivity contribution is 0.748. The van der Waals surface area contributed by atoms with Gasteiger partial charge in [0.15, 0.2) is 0 Å². The first-order valence-corrected chi connectivity index (χ1v) is 29.1. The molecular weight excluding hydrogens is 997 g/mol. The van der Waals surface area contributed by atoms with Crippen molar-refractivity contribution in [3.63, 3.8) is 0 Å². The molecule has 0 saturated carbocycles. The van der Waals surface area contributed by atoms with Gasteiger partial charge in [0.1, 0.15) is 0 Å². The molecule has 0 radical (unpaired) electrons. The van der Waals surface area contributed by atoms with Crippen LogP contribution >= 0.6 is 11.3 Å². The van der Waals surface area contributed by atoms with Crippen molar-refractivity contribution in [3.8, 4) is 50.2 Å². The Bertz CT molecular complexity index is 5220. The molecule has 3 heteroatoms. The number of benzene rings is 13. The van der Waals surface area contributed by atoms with E-state index >= 15 is 0 Å². The van der Waals surface area contributed by atoms with Gasteiger partial charge in [0.2, 0.25) is 0 Å². The summed E-state index contributed by atoms with van der Waals surface area (Å²) in [6.45, 7) is 0. The van der Waals surface area contributed by atoms with E-state index in [1.54, 1.807) is 0 Å². The zero-order valence-corrected chi connectivity index (χ0v) is 44.7. The van der Waals surface area contributed by atoms with Gasteiger partial charge in [-0.15, -0.1) is 11.3 Å². The number of nitrogens with zero attached hydrogens (tertiary/aromatic N) is 2. The molecule has 2 spiro atoms. The van der Waals surface area contributed by atoms with Gasteiger partial charge < -0.3 is 9.47 Å². The second-order valence-electron chi connectivity index (χ2n) is 22.5. The summed E-state index contributed by atoms with van der Waals surface area (Å²) in [4.78, 5) is 2.59. The van der Waals surface area contributed by atoms with E-state index in [1.807, 2.05) is 11.3 Å². The zero-order chi connectivity index (χ0) is 52.7. The first kappa shape index (κ1) is 43.9. The highest BCUT2D eigenvalue weighted by Crippen LogP contribution is 2.66. The predicted octanol–water partition coefficient (Wildman–Crippen LogP) is 20.5. The molecule has 0 saturated heterocycles. The van der Waals surface area contributed by atoms with Crippen LogP contribution < -0.4 is 4.90 Å². The van der Waals surface area contributed by atoms with Gasteiger partial charge in [-0.05, 0) is 149 Å². The Balaban J connectivity index is 0.902. The standard InChI is InChI=1S/C78H46N2S/c1-2-24-59-55(21-1)72(46-69-75(59)61-25-6-12-30-65(61)77(69)62-27-9-3-18-51(62)52-19-4-10-28-63(52)77)79(49-39-36-47(37-40-49)48-38-42-58-57-23-8-16-35-73(57)81-74(58)44-48)50-41-43-54-53-20-5-11-29-64(53)78(68(54)45-50)66-31-13-15-34-71(66)80-70-33-14-7-22-56(70)60-26-17-32-67(78)76(60)80/h1-46H. The third-order valence-corrected chi connectivity index (χ3v) is 20.1. The molecule has 0 fully saturated rings. The molecule has 3 heterocycles. The van der Waals surface area contributed by atoms with Crippen LogP contribution in [0.1, 0.15) is 44.5 Å². The van der Waals surface area contributed by atoms with Gasteiger partial charge in [0.05, 0.1) is 33.2 Å². The Labute approximate surface area is 472 Å². The van der Waals surface area contributed by atoms with Crippen LogP contribution in [-0.4, -0.2) is 4.57 Å². The van der Waals surface area contributed by atoms with E-state index in [9.17, 15) is 0 Å². The minimum absolute atomic E-state index is 0.536. The van der Waals surface area contributed by atoms with Crippen molar-refractivity contribution in [3.05, 3.63) is 324 Å². The molecule has 19 rings (SSSR count). The quantitative estimate of drug-likeness (QED) is 0.171. The second-order valence-corrected chi connectivity index (χ2v) is 23.6. The van der Waals surface area contributed by atoms with Crippen LogP contribution in [-0.2, 0) is 10.8 Å². The number of rotatable bonds is 4. The first-order chi connectivity index (χ1) is 40.2. The number of fused-ring (bicyclic) bond motifs is 27. The summed E-state index contributed by atoms with van der Waals surface area (Å²) in [7, 11) is 0. The molecule has 3 aliphatic carbocycles. The molecule has 13 aromatic carbocycles. The Hall–Kier alpha value is -10.1. The van der Waals surface area contributed by atoms with Gasteiger partial charge in [-0.3, -0.25) is 0 Å². The maximum Gasteiger partial charge on any atom is 0.0755 e. The predicted molar refractivity (Wildman–Crippen MR) is 338 cm³/mol. The van der Waals surface area contributed by atoms with Gasteiger partial charge in [-0.2, -0.15) is 0 Å². The summed E-state index contributed by atoms with van der Waals surface area (Å²) in [5.41, 5.74) is 26.7. The van der Waals surface area contributed by atoms with E-state index in [0.717, 1.165) is 17.1 Å². The fourth-order valence-corrected chi connectivity index (χ4v) is 17.1. The molecular formula is C78H46N2S. The number of para-hydroxylation sites is 3. The average Bonchev–Trinajstić information content (AvgIpc) is 2.09. The number of hydrogen-bond acceptors (Lipinski definition) is 2. The van der Waals surface area contributed by atoms with Gasteiger partial charge in [-0.25, -0.2) is 0 Å². The average molecular weight is 1040 g/mol. The van der Waals surface area contributed by atoms with Gasteiger partial charge in [-0.1, -0.05) is 224 Å². The molecule has 4 aliphatic rings. The molecule has 1 atom stereocenters. The van der Waals surface area contributed by atoms with Crippen LogP contribution in [0.2, 0.25) is 0 Å². The van der Waals surface area contributed by atoms with Crippen LogP contribution in [0.25, 0.3) is 103 Å². The second kappa shape index (κ2) is 15.8. The lowest BCUT2D eigenvalue weighted by atomic mass is 9.65. The van der Waals surface area contributed by atoms with E-state index in [2.05, 4.69) is 289 Å². The molecule has 1 unspecified atom stereocenters. The fourth-order valence-electron chi connectivity index (χ4n) is 15.9. The smallest absolute Gasteiger partial charge is 0.0755 e. The van der Waals surface area contributed by atoms with E-state index in [-0.39, 0.29) is 0 Å². The maximum absolute atomic E-state index is 2.59. The summed E-state index contributed by atoms with van der Waals surface area (Å²) in [6.07, 6.45) is 0. The molecule has 2 aromatic heterocycles. The molecule has 0 N–H and O–H groups in total. The number of thiophene rings is 1. The monoisotopic (exact) mass is 1040 g/mol. The third-order valence-electron chi connectivity index (χ3n) is 19.0. The maximum atomic E-state index is 2.59. The highest BCUT2D eigenvalue weighted by molar-refractivity contribution is 7.25. The lowest BCUT2D eigenvalue weighted by Gasteiger charge is -2.40. The Morgan fingerprint density at radius 1 is 0.296 bits per heavy atom. The summed E-state index contributed by atoms with van der Waals surface area (Å²) in [5, 5.41) is 7.64. The first-order valence-electron chi connectivity index (χ1n) is 28.2. The highest BCUT2D eigenvalue weighted by Gasteiger charge is 2.54. The van der Waals surface area contributed by atoms with Crippen molar-refractivity contribution in [2.24, 2.45) is 0 Å². The van der Waals surface area contributed by atoms with Crippen molar-refractivity contribution < 1.29 is 0 Å². The SMILES string of the molecule is c1ccc2c(c1)-c1ccccc1C21c2ccccc2-c2c1cc(N(c1ccc(-c3ccc4c(c3)sc3ccccc34)cc1)c1ccc3c(c1)C1(c4ccccc4-3)c3ccccc3-n3c4ccccc4c4cccc1c43)c1ccccc21. The molecule has 1 aliphatic heterocycles. The van der Waals surface area contributed by atoms with Gasteiger partial charge >= 0.3 is 0 Å². The largest absolute Gasteiger partial charge is 0.310 e. The fraction of sp³-hybridized carbons (Fsp3) is 0.0256. The molecule has 0 amide bonds. The Morgan fingerprint density at radius 3 is 1.56 bits per heavy atom. The van der Waals surface area contributed by atoms with Crippen LogP contribution in [0, 0.1) is 0 Å². The zero-order valence-electron chi connectivity index (χ0n) is 43.9. The van der Waals surface area contributed by atoms with Gasteiger partial charge in [0, 0.05) is 47.7 Å². The normalized spacial score (nSPS) is 15.3. The molecule has 374 valence electrons. The van der Waals surface area contributed by atoms with Crippen LogP contribution in [0.4, 0.5) is 17.1 Å². The van der Waals surface area contributed by atoms with Gasteiger partial charge in [0.25, 0.3) is 0 Å². The van der Waals surface area contributed by atoms with Crippen LogP contribution in [0.5, 0.6) is 0 Å². The summed E-state index contributed by atoms with van der Waals surface area (Å²) in [6, 6.07) is 106. The van der Waals surface area contributed by atoms with Crippen molar-refractivity contribution in [2.75, 3.05) is 4.90 Å². The van der Waals surface area contributed by atoms with Crippen molar-refractivity contribution in [2.45, 2.75) is 10.8 Å². The van der Waals surface area contributed by atoms with E-state index in [4.69, 9.17) is 0 Å². The van der Waals surface area contributed by atoms with E-state index in [1.165, 1.54) is 147 Å². The van der Waals surface area contributed by atoms with E-state index < -0.39 is 10.8 Å².